The summed E-state index contributed by atoms with van der Waals surface area (Å²) in [5.41, 5.74) is 1.30. The lowest BCUT2D eigenvalue weighted by atomic mass is 10.2. The molecule has 1 amide bonds. The van der Waals surface area contributed by atoms with Crippen LogP contribution in [0.1, 0.15) is 10.5 Å². The number of carbonyl (C=O) groups excluding carboxylic acids is 1. The molecule has 1 aromatic heterocycles. The minimum atomic E-state index is -0.421. The van der Waals surface area contributed by atoms with Gasteiger partial charge in [0.2, 0.25) is 0 Å². The van der Waals surface area contributed by atoms with Crippen LogP contribution in [0.4, 0.5) is 5.69 Å². The Hall–Kier alpha value is -2.13. The lowest BCUT2D eigenvalue weighted by molar-refractivity contribution is 0.0764. The summed E-state index contributed by atoms with van der Waals surface area (Å²) in [5, 5.41) is 8.90. The van der Waals surface area contributed by atoms with Crippen molar-refractivity contribution < 1.29 is 9.53 Å². The number of rotatable bonds is 2. The molecule has 1 saturated heterocycles. The average Bonchev–Trinajstić information content (AvgIpc) is 2.46. The van der Waals surface area contributed by atoms with Gasteiger partial charge in [-0.15, -0.1) is 0 Å². The van der Waals surface area contributed by atoms with Gasteiger partial charge in [-0.1, -0.05) is 0 Å². The van der Waals surface area contributed by atoms with E-state index in [4.69, 9.17) is 10.00 Å². The Bertz CT molecular complexity index is 510. The number of hydrogen-bond donors (Lipinski definition) is 0. The molecule has 1 fully saturated rings. The topological polar surface area (TPSA) is 69.5 Å². The first-order valence-corrected chi connectivity index (χ1v) is 6.05. The van der Waals surface area contributed by atoms with Crippen molar-refractivity contribution >= 4 is 11.6 Å². The molecule has 0 spiro atoms. The van der Waals surface area contributed by atoms with Crippen molar-refractivity contribution in [1.82, 2.24) is 9.88 Å². The molecule has 19 heavy (non-hydrogen) atoms. The first-order valence-electron chi connectivity index (χ1n) is 6.05. The van der Waals surface area contributed by atoms with E-state index in [0.717, 1.165) is 5.69 Å². The molecule has 1 unspecified atom stereocenters. The number of aromatic nitrogens is 1. The zero-order valence-electron chi connectivity index (χ0n) is 11.0. The zero-order valence-corrected chi connectivity index (χ0v) is 11.0. The highest BCUT2D eigenvalue weighted by Crippen LogP contribution is 2.18. The molecule has 2 heterocycles. The van der Waals surface area contributed by atoms with E-state index in [1.54, 1.807) is 26.4 Å². The number of amides is 1. The van der Waals surface area contributed by atoms with Crippen LogP contribution in [-0.4, -0.2) is 55.7 Å². The molecule has 1 aliphatic rings. The third kappa shape index (κ3) is 3.01. The lowest BCUT2D eigenvalue weighted by Gasteiger charge is -2.31. The summed E-state index contributed by atoms with van der Waals surface area (Å²) in [6, 6.07) is 5.70. The minimum Gasteiger partial charge on any atom is -0.365 e. The maximum Gasteiger partial charge on any atom is 0.272 e. The fourth-order valence-electron chi connectivity index (χ4n) is 1.92. The third-order valence-corrected chi connectivity index (χ3v) is 2.94. The van der Waals surface area contributed by atoms with E-state index in [-0.39, 0.29) is 5.91 Å². The minimum absolute atomic E-state index is 0.132. The Morgan fingerprint density at radius 1 is 1.63 bits per heavy atom. The van der Waals surface area contributed by atoms with Gasteiger partial charge in [-0.25, -0.2) is 0 Å². The molecule has 0 aromatic carbocycles. The number of ether oxygens (including phenoxy) is 1. The fourth-order valence-corrected chi connectivity index (χ4v) is 1.92. The number of pyridine rings is 1. The highest BCUT2D eigenvalue weighted by atomic mass is 16.5. The van der Waals surface area contributed by atoms with Gasteiger partial charge in [-0.05, 0) is 12.1 Å². The van der Waals surface area contributed by atoms with Crippen LogP contribution in [0.5, 0.6) is 0 Å². The molecule has 0 aliphatic carbocycles. The average molecular weight is 260 g/mol. The van der Waals surface area contributed by atoms with Gasteiger partial charge in [0.25, 0.3) is 5.91 Å². The van der Waals surface area contributed by atoms with E-state index in [0.29, 0.717) is 25.4 Å². The number of nitrogens with zero attached hydrogens (tertiary/aromatic N) is 4. The summed E-state index contributed by atoms with van der Waals surface area (Å²) < 4.78 is 5.30. The molecule has 0 bridgehead atoms. The second kappa shape index (κ2) is 5.67. The molecule has 0 N–H and O–H groups in total. The number of hydrogen-bond acceptors (Lipinski definition) is 5. The quantitative estimate of drug-likeness (QED) is 0.775. The van der Waals surface area contributed by atoms with E-state index in [1.165, 1.54) is 4.90 Å². The largest absolute Gasteiger partial charge is 0.365 e. The maximum absolute atomic E-state index is 11.9. The van der Waals surface area contributed by atoms with Gasteiger partial charge in [-0.2, -0.15) is 5.26 Å². The third-order valence-electron chi connectivity index (χ3n) is 2.94. The van der Waals surface area contributed by atoms with Crippen LogP contribution in [-0.2, 0) is 4.74 Å². The van der Waals surface area contributed by atoms with Crippen LogP contribution < -0.4 is 4.90 Å². The van der Waals surface area contributed by atoms with Gasteiger partial charge in [0.1, 0.15) is 5.69 Å². The van der Waals surface area contributed by atoms with Crippen molar-refractivity contribution in [3.8, 4) is 6.07 Å². The van der Waals surface area contributed by atoms with Crippen LogP contribution in [0, 0.1) is 11.3 Å². The summed E-state index contributed by atoms with van der Waals surface area (Å²) >= 11 is 0. The standard InChI is InChI=1S/C13H16N4O2/c1-16(2)13(18)12-7-10(3-4-15-12)17-5-6-19-11(8-14)9-17/h3-4,7,11H,5-6,9H2,1-2H3. The number of anilines is 1. The molecule has 6 heteroatoms. The maximum atomic E-state index is 11.9. The molecule has 1 aromatic rings. The van der Waals surface area contributed by atoms with Gasteiger partial charge in [0, 0.05) is 32.5 Å². The SMILES string of the molecule is CN(C)C(=O)c1cc(N2CCOC(C#N)C2)ccn1. The Labute approximate surface area is 112 Å². The van der Waals surface area contributed by atoms with E-state index >= 15 is 0 Å². The van der Waals surface area contributed by atoms with E-state index < -0.39 is 6.10 Å². The van der Waals surface area contributed by atoms with Crippen LogP contribution in [0.25, 0.3) is 0 Å². The molecule has 2 rings (SSSR count). The Morgan fingerprint density at radius 3 is 3.11 bits per heavy atom. The Morgan fingerprint density at radius 2 is 2.42 bits per heavy atom. The summed E-state index contributed by atoms with van der Waals surface area (Å²) in [5.74, 6) is -0.132. The van der Waals surface area contributed by atoms with Gasteiger partial charge in [0.05, 0.1) is 19.2 Å². The molecular formula is C13H16N4O2. The summed E-state index contributed by atoms with van der Waals surface area (Å²) in [6.07, 6.45) is 1.19. The zero-order chi connectivity index (χ0) is 13.8. The molecule has 0 saturated carbocycles. The van der Waals surface area contributed by atoms with Gasteiger partial charge < -0.3 is 14.5 Å². The van der Waals surface area contributed by atoms with E-state index in [2.05, 4.69) is 11.1 Å². The van der Waals surface area contributed by atoms with Crippen LogP contribution in [0.2, 0.25) is 0 Å². The van der Waals surface area contributed by atoms with Gasteiger partial charge in [0.15, 0.2) is 6.10 Å². The highest BCUT2D eigenvalue weighted by Gasteiger charge is 2.21. The molecular weight excluding hydrogens is 244 g/mol. The molecule has 0 radical (unpaired) electrons. The van der Waals surface area contributed by atoms with Crippen LogP contribution in [0.15, 0.2) is 18.3 Å². The molecule has 100 valence electrons. The summed E-state index contributed by atoms with van der Waals surface area (Å²) in [6.45, 7) is 1.73. The van der Waals surface area contributed by atoms with E-state index in [1.807, 2.05) is 11.0 Å². The van der Waals surface area contributed by atoms with Crippen molar-refractivity contribution in [2.45, 2.75) is 6.10 Å². The molecule has 1 aliphatic heterocycles. The molecule has 1 atom stereocenters. The van der Waals surface area contributed by atoms with Crippen molar-refractivity contribution in [1.29, 1.82) is 5.26 Å². The van der Waals surface area contributed by atoms with Crippen LogP contribution in [0.3, 0.4) is 0 Å². The predicted octanol–water partition coefficient (Wildman–Crippen LogP) is 0.512. The monoisotopic (exact) mass is 260 g/mol. The second-order valence-corrected chi connectivity index (χ2v) is 4.53. The predicted molar refractivity (Wildman–Crippen MR) is 69.8 cm³/mol. The van der Waals surface area contributed by atoms with Crippen molar-refractivity contribution in [3.05, 3.63) is 24.0 Å². The number of nitriles is 1. The van der Waals surface area contributed by atoms with Gasteiger partial charge >= 0.3 is 0 Å². The highest BCUT2D eigenvalue weighted by molar-refractivity contribution is 5.92. The van der Waals surface area contributed by atoms with Gasteiger partial charge in [-0.3, -0.25) is 9.78 Å². The summed E-state index contributed by atoms with van der Waals surface area (Å²) in [4.78, 5) is 19.5. The number of carbonyl (C=O) groups is 1. The van der Waals surface area contributed by atoms with Crippen molar-refractivity contribution in [3.63, 3.8) is 0 Å². The Balaban J connectivity index is 2.19. The first kappa shape index (κ1) is 13.3. The smallest absolute Gasteiger partial charge is 0.272 e. The normalized spacial score (nSPS) is 18.8. The van der Waals surface area contributed by atoms with E-state index in [9.17, 15) is 4.79 Å². The fraction of sp³-hybridized carbons (Fsp3) is 0.462. The Kier molecular flexibility index (Phi) is 3.97. The van der Waals surface area contributed by atoms with Crippen LogP contribution >= 0.6 is 0 Å². The second-order valence-electron chi connectivity index (χ2n) is 4.53. The van der Waals surface area contributed by atoms with Crippen molar-refractivity contribution in [2.75, 3.05) is 38.7 Å². The summed E-state index contributed by atoms with van der Waals surface area (Å²) in [7, 11) is 3.38. The lowest BCUT2D eigenvalue weighted by Crippen LogP contribution is -2.42. The first-order chi connectivity index (χ1) is 9.11. The number of morpholine rings is 1. The molecule has 6 nitrogen and oxygen atoms in total. The van der Waals surface area contributed by atoms with Crippen molar-refractivity contribution in [2.24, 2.45) is 0 Å².